The van der Waals surface area contributed by atoms with Gasteiger partial charge in [-0.15, -0.1) is 0 Å². The van der Waals surface area contributed by atoms with E-state index in [0.29, 0.717) is 0 Å². The summed E-state index contributed by atoms with van der Waals surface area (Å²) in [7, 11) is 0. The van der Waals surface area contributed by atoms with Crippen LogP contribution in [0.4, 0.5) is 0 Å². The van der Waals surface area contributed by atoms with Crippen LogP contribution in [-0.4, -0.2) is 0 Å². The van der Waals surface area contributed by atoms with Crippen LogP contribution in [0.15, 0.2) is 97.2 Å². The molecule has 0 N–H and O–H groups in total. The molecule has 0 aromatic carbocycles. The number of unbranched alkanes of at least 4 members (excludes halogenated alkanes) is 1. The molecular weight excluding hydrogens is 1600 g/mol. The first-order valence-electron chi connectivity index (χ1n) is 63.3. The molecule has 8 atom stereocenters. The van der Waals surface area contributed by atoms with Crippen LogP contribution in [0.1, 0.15) is 624 Å². The third-order valence-corrected chi connectivity index (χ3v) is 38.4. The van der Waals surface area contributed by atoms with Crippen LogP contribution in [0.5, 0.6) is 0 Å². The molecule has 764 valence electrons. The number of hydrogen-bond acceptors (Lipinski definition) is 0. The van der Waals surface area contributed by atoms with Crippen molar-refractivity contribution >= 4 is 0 Å². The zero-order valence-corrected chi connectivity index (χ0v) is 90.0. The van der Waals surface area contributed by atoms with Crippen molar-refractivity contribution in [2.24, 2.45) is 118 Å². The Labute approximate surface area is 833 Å². The van der Waals surface area contributed by atoms with Crippen LogP contribution in [0.2, 0.25) is 0 Å². The summed E-state index contributed by atoms with van der Waals surface area (Å²) in [5, 5.41) is 0. The van der Waals surface area contributed by atoms with Gasteiger partial charge in [-0.2, -0.15) is 0 Å². The molecule has 25 fully saturated rings. The fraction of sp³-hybridized carbons (Fsp3) is 0.880. The molecule has 0 nitrogen and oxygen atoms in total. The second kappa shape index (κ2) is 75.7. The van der Waals surface area contributed by atoms with Crippen LogP contribution in [0, 0.1) is 118 Å². The Kier molecular flexibility index (Phi) is 64.2. The van der Waals surface area contributed by atoms with Gasteiger partial charge < -0.3 is 0 Å². The van der Waals surface area contributed by atoms with Crippen LogP contribution in [0.3, 0.4) is 0 Å². The molecule has 8 unspecified atom stereocenters. The average Bonchev–Trinajstić information content (AvgIpc) is 1.66. The lowest BCUT2D eigenvalue weighted by molar-refractivity contribution is 0.116. The molecule has 0 aliphatic heterocycles. The molecule has 0 aromatic rings. The second-order valence-electron chi connectivity index (χ2n) is 49.6. The van der Waals surface area contributed by atoms with Crippen molar-refractivity contribution < 1.29 is 0 Å². The Morgan fingerprint density at radius 3 is 0.564 bits per heavy atom. The molecule has 0 amide bonds. The molecule has 0 saturated heterocycles. The summed E-state index contributed by atoms with van der Waals surface area (Å²) in [5.41, 5.74) is 0. The normalized spacial score (nSPS) is 35.2. The van der Waals surface area contributed by atoms with Gasteiger partial charge in [0.15, 0.2) is 0 Å². The van der Waals surface area contributed by atoms with Crippen molar-refractivity contribution in [1.82, 2.24) is 0 Å². The van der Waals surface area contributed by atoms with Crippen molar-refractivity contribution in [3.05, 3.63) is 97.2 Å². The van der Waals surface area contributed by atoms with Crippen molar-refractivity contribution in [3.8, 4) is 0 Å². The number of rotatable bonds is 1. The monoisotopic (exact) mass is 1830 g/mol. The summed E-state index contributed by atoms with van der Waals surface area (Å²) in [6, 6.07) is 0. The standard InChI is InChI=1S/C10H18.C9H16.C9H14.2C8H14.C8H12.C8H16.2C7H12.C7H14.C6H10.C6H12.C6H10.2C6H8.C5H8.C5H10.C5H8.C4H10.C3H6/c1-2-6-10-8-4-3-7-9(10)5-1;2*1-2-5-9-7-3-6-8(9)4-1;1-3-7-5-2-6-8(7)4-1;2*1-2-8-5-3-7(1)4-6-8;1-2-4-6-8-7-5-3-1;1-2-7-4-3-6(1)5-7;1-2-6-4-7(3-1)5-6;1-2-4-6-7-5-3-1;1-2-5-4-6(5)3-1;4*1-2-4-6-5-3-1;1-2-5-3-4(1)5;2*1-2-4-5-3-1;1-3-4-2;1-2-3-1/h9-10H,1-8H2;8-9H,1-7H2;3,6,8-9H,1-2,4-5,7H2;2*7-8H,1-6H2;1-2,7-8H,3-6H2;1-8H2;2*6-7H,1-5H2;1-7H2;5-6H,1-4H2;1-6H2;1-2H,3-6H2;1-2,5-6H,3-4H2;1-4H,5-6H2;4-5H,1-3H2;1-5H2;1-2H,3-5H2;3-4H2,1-2H3;1-3H2. The Morgan fingerprint density at radius 2 is 0.398 bits per heavy atom. The molecule has 32 aliphatic rings. The SMILES string of the molecule is C1=CC2CCC1CC2.C1=CC2CCCCC2C1.C1=CCC=CC1.C1=CCCC1.C1=CCCC=C1.C1=CCCCC1.C1CC1.C1CC2CC(C1)C2.C1CC2CC12.C1CC2CC2C1.C1CC2CCC1C2.C1CC2CCC1CC2.C1CC2CCCC2C1.C1CCC2CCCC2C1.C1CCC2CCCCC2C1.C1CCCC1.C1CCCCC1.C1CCCCCC1.C1CCCCCCC1.CCCC. The third kappa shape index (κ3) is 54.3. The molecule has 32 aliphatic carbocycles. The third-order valence-electron chi connectivity index (χ3n) is 38.4. The molecule has 0 spiro atoms. The molecule has 133 heavy (non-hydrogen) atoms. The lowest BCUT2D eigenvalue weighted by atomic mass is 9.65. The van der Waals surface area contributed by atoms with E-state index in [4.69, 9.17) is 0 Å². The number of allylic oxidation sites excluding steroid dienone is 16. The van der Waals surface area contributed by atoms with Gasteiger partial charge in [0.25, 0.3) is 0 Å². The zero-order valence-electron chi connectivity index (χ0n) is 90.0. The maximum atomic E-state index is 2.43. The van der Waals surface area contributed by atoms with Crippen molar-refractivity contribution in [3.63, 3.8) is 0 Å². The maximum Gasteiger partial charge on any atom is -0.0169 e. The average molecular weight is 1830 g/mol. The first kappa shape index (κ1) is 113. The molecular formula is C133H232. The number of fused-ring (bicyclic) bond motifs is 15. The van der Waals surface area contributed by atoms with Gasteiger partial charge in [0.05, 0.1) is 0 Å². The molecule has 0 heterocycles. The van der Waals surface area contributed by atoms with Gasteiger partial charge in [0.2, 0.25) is 0 Å². The van der Waals surface area contributed by atoms with Crippen LogP contribution < -0.4 is 0 Å². The summed E-state index contributed by atoms with van der Waals surface area (Å²) in [6.45, 7) is 4.36. The van der Waals surface area contributed by atoms with E-state index in [1.807, 2.05) is 0 Å². The van der Waals surface area contributed by atoms with Gasteiger partial charge >= 0.3 is 0 Å². The molecule has 0 aromatic heterocycles. The van der Waals surface area contributed by atoms with Gasteiger partial charge in [-0.25, -0.2) is 0 Å². The fourth-order valence-electron chi connectivity index (χ4n) is 28.5. The molecule has 25 saturated carbocycles. The predicted octanol–water partition coefficient (Wildman–Crippen LogP) is 45.0. The van der Waals surface area contributed by atoms with E-state index in [1.54, 1.807) is 212 Å². The van der Waals surface area contributed by atoms with E-state index >= 15 is 0 Å². The molecule has 32 rings (SSSR count). The smallest absolute Gasteiger partial charge is 0.0169 e. The van der Waals surface area contributed by atoms with Gasteiger partial charge in [-0.05, 0) is 279 Å². The Morgan fingerprint density at radius 1 is 0.150 bits per heavy atom. The van der Waals surface area contributed by atoms with E-state index in [-0.39, 0.29) is 0 Å². The van der Waals surface area contributed by atoms with Gasteiger partial charge in [0.1, 0.15) is 0 Å². The largest absolute Gasteiger partial charge is 0.0885 e. The van der Waals surface area contributed by atoms with E-state index in [0.717, 1.165) is 60.2 Å². The van der Waals surface area contributed by atoms with Crippen molar-refractivity contribution in [2.45, 2.75) is 624 Å². The van der Waals surface area contributed by atoms with Crippen LogP contribution >= 0.6 is 0 Å². The topological polar surface area (TPSA) is 0 Å². The van der Waals surface area contributed by atoms with Crippen LogP contribution in [0.25, 0.3) is 0 Å². The summed E-state index contributed by atoms with van der Waals surface area (Å²) < 4.78 is 0. The summed E-state index contributed by atoms with van der Waals surface area (Å²) in [4.78, 5) is 0. The second-order valence-corrected chi connectivity index (χ2v) is 49.6. The Hall–Kier alpha value is -2.08. The van der Waals surface area contributed by atoms with E-state index in [1.165, 1.54) is 456 Å². The van der Waals surface area contributed by atoms with E-state index < -0.39 is 0 Å². The lowest BCUT2D eigenvalue weighted by Gasteiger charge is -2.40. The quantitative estimate of drug-likeness (QED) is 0.181. The highest BCUT2D eigenvalue weighted by atomic mass is 14.5. The molecule has 0 radical (unpaired) electrons. The molecule has 0 heteroatoms. The minimum absolute atomic E-state index is 0.972. The highest BCUT2D eigenvalue weighted by Crippen LogP contribution is 2.56. The fourth-order valence-corrected chi connectivity index (χ4v) is 28.5. The number of hydrogen-bond donors (Lipinski definition) is 0. The van der Waals surface area contributed by atoms with Crippen LogP contribution in [-0.2, 0) is 0 Å². The first-order chi connectivity index (χ1) is 66.0. The Bertz CT molecular complexity index is 2640. The lowest BCUT2D eigenvalue weighted by Crippen LogP contribution is -2.28. The van der Waals surface area contributed by atoms with Crippen molar-refractivity contribution in [2.75, 3.05) is 0 Å². The molecule has 8 bridgehead atoms. The van der Waals surface area contributed by atoms with Crippen molar-refractivity contribution in [1.29, 1.82) is 0 Å². The summed E-state index contributed by atoms with van der Waals surface area (Å²) in [5.74, 6) is 22.9. The van der Waals surface area contributed by atoms with Gasteiger partial charge in [-0.1, -0.05) is 561 Å². The highest BCUT2D eigenvalue weighted by molar-refractivity contribution is 5.08. The first-order valence-corrected chi connectivity index (χ1v) is 63.3. The van der Waals surface area contributed by atoms with Gasteiger partial charge in [0, 0.05) is 0 Å². The maximum absolute atomic E-state index is 2.43. The van der Waals surface area contributed by atoms with E-state index in [2.05, 4.69) is 111 Å². The summed E-state index contributed by atoms with van der Waals surface area (Å²) in [6.07, 6.45) is 178. The predicted molar refractivity (Wildman–Crippen MR) is 593 cm³/mol. The van der Waals surface area contributed by atoms with E-state index in [9.17, 15) is 0 Å². The highest BCUT2D eigenvalue weighted by Gasteiger charge is 2.45. The zero-order chi connectivity index (χ0) is 92.0. The minimum Gasteiger partial charge on any atom is -0.0885 e. The Balaban J connectivity index is 0.000000146. The van der Waals surface area contributed by atoms with Gasteiger partial charge in [-0.3, -0.25) is 0 Å². The minimum atomic E-state index is 0.972. The summed E-state index contributed by atoms with van der Waals surface area (Å²) >= 11 is 0.